The molecule has 6 unspecified atom stereocenters. The quantitative estimate of drug-likeness (QED) is 0.129. The van der Waals surface area contributed by atoms with Crippen LogP contribution < -0.4 is 5.32 Å². The zero-order valence-electron chi connectivity index (χ0n) is 46.2. The molecular formula is C55H89F2N3O14. The van der Waals surface area contributed by atoms with E-state index in [1.807, 2.05) is 37.7 Å². The third-order valence-electron chi connectivity index (χ3n) is 19.2. The standard InChI is InChI=1S/C55H89F2N3O14/c1-15-40-53(12,69)44(65)32(6)60(27-28(2)25-52(11,68)45(30(4)42(63)31(5)46(66)71-40)72-47-43(64)38(59(13)14)21-29(3)70-47)20-16-19-58-48(67)55-41(73-49(7,8)74-55)24-34-35-23-37(56)36-22-33(61)17-18-50(36,9)54(35,57)39(62)26-51(34,55)10/h17-18,22,28-32,34-35,37-45,47,62-65,68-69H,15-16,19-21,23-27H2,1-14H3,(H,58,67)/t28-,29?,30+,31-,32-,34?,35?,37+,38-,39+,40-,41-,42?,43-,44-,45?,47?,50+,51+,52-,53-,54+,55+/m1/s1. The molecule has 74 heavy (non-hydrogen) atoms. The number of amides is 1. The topological polar surface area (TPSA) is 237 Å². The molecule has 6 fully saturated rings. The van der Waals surface area contributed by atoms with Crippen molar-refractivity contribution in [1.82, 2.24) is 15.1 Å². The van der Waals surface area contributed by atoms with Crippen molar-refractivity contribution in [1.29, 1.82) is 0 Å². The highest BCUT2D eigenvalue weighted by molar-refractivity contribution is 6.01. The number of cyclic esters (lactones) is 1. The number of esters is 1. The van der Waals surface area contributed by atoms with Crippen molar-refractivity contribution in [3.8, 4) is 0 Å². The number of nitrogens with zero attached hydrogens (tertiary/aromatic N) is 2. The SMILES string of the molecule is CC[C@H]1OC(=O)[C@H](C)C(O)[C@H](C)C(OC2OC(C)C[C@@H](N(C)C)[C@H]2O)[C@](C)(O)C[C@@H](C)CN(CCCNC(=O)[C@@]23OC(C)(C)O[C@@H]2CC2C4C[C@H](F)C5=CC(=O)C=C[C@]5(C)[C@@]4(F)[C@@H](O)C[C@@]23C)[C@H](C)[C@@H](O)[C@]1(C)O. The number of fused-ring (bicyclic) bond motifs is 7. The number of rotatable bonds is 9. The minimum absolute atomic E-state index is 0.00380. The zero-order chi connectivity index (χ0) is 55.2. The summed E-state index contributed by atoms with van der Waals surface area (Å²) in [6, 6.07) is -1.13. The Bertz CT molecular complexity index is 2140. The second-order valence-electron chi connectivity index (χ2n) is 25.2. The fraction of sp³-hybridized carbons (Fsp3) is 0.873. The molecule has 7 N–H and O–H groups in total. The molecule has 0 spiro atoms. The van der Waals surface area contributed by atoms with Crippen LogP contribution in [0.25, 0.3) is 0 Å². The van der Waals surface area contributed by atoms with Crippen LogP contribution in [0.2, 0.25) is 0 Å². The lowest BCUT2D eigenvalue weighted by Crippen LogP contribution is -2.71. The monoisotopic (exact) mass is 1050 g/mol. The maximum atomic E-state index is 18.1. The van der Waals surface area contributed by atoms with Gasteiger partial charge < -0.3 is 64.5 Å². The fourth-order valence-corrected chi connectivity index (χ4v) is 15.2. The highest BCUT2D eigenvalue weighted by Crippen LogP contribution is 2.72. The summed E-state index contributed by atoms with van der Waals surface area (Å²) >= 11 is 0. The first-order chi connectivity index (χ1) is 34.1. The number of likely N-dealkylation sites (N-methyl/N-ethyl adjacent to an activating group) is 1. The van der Waals surface area contributed by atoms with Gasteiger partial charge in [-0.25, -0.2) is 8.78 Å². The minimum Gasteiger partial charge on any atom is -0.459 e. The first kappa shape index (κ1) is 59.1. The lowest BCUT2D eigenvalue weighted by molar-refractivity contribution is -0.299. The van der Waals surface area contributed by atoms with Gasteiger partial charge in [0.05, 0.1) is 42.0 Å². The number of ether oxygens (including phenoxy) is 5. The van der Waals surface area contributed by atoms with Crippen molar-refractivity contribution in [2.75, 3.05) is 33.7 Å². The number of halogens is 2. The number of hydrogen-bond donors (Lipinski definition) is 7. The van der Waals surface area contributed by atoms with E-state index >= 15 is 13.6 Å². The molecular weight excluding hydrogens is 965 g/mol. The molecule has 3 saturated carbocycles. The number of hydrogen-bond acceptors (Lipinski definition) is 16. The van der Waals surface area contributed by atoms with Crippen LogP contribution >= 0.6 is 0 Å². The molecule has 0 bridgehead atoms. The predicted octanol–water partition coefficient (Wildman–Crippen LogP) is 3.67. The summed E-state index contributed by atoms with van der Waals surface area (Å²) in [6.07, 6.45) is -7.73. The summed E-state index contributed by atoms with van der Waals surface area (Å²) in [5, 5.41) is 75.2. The summed E-state index contributed by atoms with van der Waals surface area (Å²) in [4.78, 5) is 45.1. The van der Waals surface area contributed by atoms with E-state index in [2.05, 4.69) is 5.32 Å². The summed E-state index contributed by atoms with van der Waals surface area (Å²) in [5.41, 5.74) is -10.6. The van der Waals surface area contributed by atoms with Crippen molar-refractivity contribution in [3.63, 3.8) is 0 Å². The van der Waals surface area contributed by atoms with E-state index in [-0.39, 0.29) is 75.4 Å². The van der Waals surface area contributed by atoms with Crippen LogP contribution in [0.5, 0.6) is 0 Å². The third kappa shape index (κ3) is 9.89. The smallest absolute Gasteiger partial charge is 0.311 e. The number of allylic oxidation sites excluding steroid dienone is 4. The van der Waals surface area contributed by atoms with Gasteiger partial charge in [0.25, 0.3) is 5.91 Å². The molecule has 23 atom stereocenters. The van der Waals surface area contributed by atoms with Crippen molar-refractivity contribution in [2.45, 2.75) is 230 Å². The first-order valence-corrected chi connectivity index (χ1v) is 27.2. The van der Waals surface area contributed by atoms with Gasteiger partial charge in [0.15, 0.2) is 29.1 Å². The molecule has 422 valence electrons. The number of carbonyl (C=O) groups is 3. The Morgan fingerprint density at radius 3 is 2.24 bits per heavy atom. The number of ketones is 1. The Balaban J connectivity index is 1.14. The van der Waals surface area contributed by atoms with E-state index in [1.54, 1.807) is 48.5 Å². The molecule has 3 saturated heterocycles. The van der Waals surface area contributed by atoms with Crippen molar-refractivity contribution >= 4 is 17.7 Å². The minimum atomic E-state index is -2.37. The van der Waals surface area contributed by atoms with E-state index in [1.165, 1.54) is 32.9 Å². The maximum Gasteiger partial charge on any atom is 0.311 e. The molecule has 3 heterocycles. The van der Waals surface area contributed by atoms with Crippen molar-refractivity contribution < 1.29 is 77.5 Å². The van der Waals surface area contributed by atoms with Crippen LogP contribution in [0.1, 0.15) is 128 Å². The molecule has 0 aromatic carbocycles. The largest absolute Gasteiger partial charge is 0.459 e. The molecule has 0 aromatic heterocycles. The Labute approximate surface area is 436 Å². The molecule has 7 aliphatic rings. The average molecular weight is 1050 g/mol. The number of aliphatic hydroxyl groups excluding tert-OH is 4. The average Bonchev–Trinajstić information content (AvgIpc) is 3.73. The highest BCUT2D eigenvalue weighted by atomic mass is 19.1. The van der Waals surface area contributed by atoms with Gasteiger partial charge in [-0.1, -0.05) is 33.8 Å². The van der Waals surface area contributed by atoms with Gasteiger partial charge in [-0.15, -0.1) is 0 Å². The molecule has 1 amide bonds. The van der Waals surface area contributed by atoms with Crippen LogP contribution in [-0.4, -0.2) is 193 Å². The normalized spacial score (nSPS) is 50.1. The summed E-state index contributed by atoms with van der Waals surface area (Å²) < 4.78 is 66.1. The van der Waals surface area contributed by atoms with Gasteiger partial charge in [-0.2, -0.15) is 0 Å². The van der Waals surface area contributed by atoms with Crippen molar-refractivity contribution in [2.24, 2.45) is 40.4 Å². The maximum absolute atomic E-state index is 18.1. The number of carbonyl (C=O) groups excluding carboxylic acids is 3. The van der Waals surface area contributed by atoms with E-state index in [9.17, 15) is 40.2 Å². The van der Waals surface area contributed by atoms with Gasteiger partial charge >= 0.3 is 5.97 Å². The molecule has 0 aromatic rings. The van der Waals surface area contributed by atoms with Gasteiger partial charge in [0.2, 0.25) is 0 Å². The zero-order valence-corrected chi connectivity index (χ0v) is 46.2. The van der Waals surface area contributed by atoms with Gasteiger partial charge in [0, 0.05) is 54.4 Å². The van der Waals surface area contributed by atoms with E-state index in [0.29, 0.717) is 12.8 Å². The Morgan fingerprint density at radius 1 is 0.946 bits per heavy atom. The highest BCUT2D eigenvalue weighted by Gasteiger charge is 2.81. The predicted molar refractivity (Wildman–Crippen MR) is 268 cm³/mol. The van der Waals surface area contributed by atoms with Gasteiger partial charge in [-0.3, -0.25) is 19.3 Å². The van der Waals surface area contributed by atoms with Crippen LogP contribution in [-0.2, 0) is 38.1 Å². The molecule has 17 nitrogen and oxygen atoms in total. The van der Waals surface area contributed by atoms with Gasteiger partial charge in [-0.05, 0) is 144 Å². The number of aliphatic hydroxyl groups is 6. The molecule has 19 heteroatoms. The Kier molecular flexibility index (Phi) is 16.7. The lowest BCUT2D eigenvalue weighted by Gasteiger charge is -2.63. The molecule has 3 aliphatic heterocycles. The van der Waals surface area contributed by atoms with E-state index < -0.39 is 142 Å². The van der Waals surface area contributed by atoms with Crippen LogP contribution in [0.3, 0.4) is 0 Å². The second-order valence-corrected chi connectivity index (χ2v) is 25.2. The van der Waals surface area contributed by atoms with Crippen LogP contribution in [0.4, 0.5) is 8.78 Å². The van der Waals surface area contributed by atoms with Gasteiger partial charge in [0.1, 0.15) is 30.1 Å². The van der Waals surface area contributed by atoms with E-state index in [0.717, 1.165) is 6.08 Å². The number of alkyl halides is 2. The lowest BCUT2D eigenvalue weighted by atomic mass is 9.44. The first-order valence-electron chi connectivity index (χ1n) is 27.2. The molecule has 7 rings (SSSR count). The van der Waals surface area contributed by atoms with E-state index in [4.69, 9.17) is 23.7 Å². The number of nitrogens with one attached hydrogen (secondary N) is 1. The Hall–Kier alpha value is -2.53. The van der Waals surface area contributed by atoms with Crippen LogP contribution in [0, 0.1) is 40.4 Å². The Morgan fingerprint density at radius 2 is 1.61 bits per heavy atom. The third-order valence-corrected chi connectivity index (χ3v) is 19.2. The molecule has 0 radical (unpaired) electrons. The summed E-state index contributed by atoms with van der Waals surface area (Å²) in [5.74, 6) is -7.22. The summed E-state index contributed by atoms with van der Waals surface area (Å²) in [7, 11) is 3.69. The fourth-order valence-electron chi connectivity index (χ4n) is 15.2. The van der Waals surface area contributed by atoms with Crippen molar-refractivity contribution in [3.05, 3.63) is 23.8 Å². The molecule has 4 aliphatic carbocycles. The summed E-state index contributed by atoms with van der Waals surface area (Å²) in [6.45, 7) is 20.6. The van der Waals surface area contributed by atoms with Crippen LogP contribution in [0.15, 0.2) is 23.8 Å². The second kappa shape index (κ2) is 20.9.